The third kappa shape index (κ3) is 4.99. The molecule has 5 nitrogen and oxygen atoms in total. The van der Waals surface area contributed by atoms with Gasteiger partial charge in [0.2, 0.25) is 15.4 Å². The lowest BCUT2D eigenvalue weighted by Gasteiger charge is -2.06. The molecule has 0 aliphatic heterocycles. The Kier molecular flexibility index (Phi) is 5.04. The molecule has 1 N–H and O–H groups in total. The van der Waals surface area contributed by atoms with Gasteiger partial charge in [-0.05, 0) is 29.7 Å². The van der Waals surface area contributed by atoms with Crippen molar-refractivity contribution in [1.82, 2.24) is 4.72 Å². The van der Waals surface area contributed by atoms with Crippen LogP contribution in [-0.2, 0) is 22.2 Å². The molecule has 0 saturated carbocycles. The highest BCUT2D eigenvalue weighted by Gasteiger charge is 2.12. The Morgan fingerprint density at radius 2 is 1.62 bits per heavy atom. The van der Waals surface area contributed by atoms with Gasteiger partial charge in [0.15, 0.2) is 4.98 Å². The predicted molar refractivity (Wildman–Crippen MR) is 82.0 cm³/mol. The summed E-state index contributed by atoms with van der Waals surface area (Å²) in [5.41, 5.74) is 2.14. The van der Waals surface area contributed by atoms with E-state index < -0.39 is 10.0 Å². The second-order valence-corrected chi connectivity index (χ2v) is 6.46. The smallest absolute Gasteiger partial charge is 0.215 e. The molecule has 6 heteroatoms. The van der Waals surface area contributed by atoms with Gasteiger partial charge in [-0.15, -0.1) is 0 Å². The normalized spacial score (nSPS) is 11.0. The third-order valence-electron chi connectivity index (χ3n) is 2.99. The van der Waals surface area contributed by atoms with E-state index in [1.165, 1.54) is 0 Å². The molecule has 0 bridgehead atoms. The fourth-order valence-electron chi connectivity index (χ4n) is 1.92. The van der Waals surface area contributed by atoms with E-state index in [2.05, 4.69) is 9.70 Å². The van der Waals surface area contributed by atoms with E-state index in [1.54, 1.807) is 24.3 Å². The van der Waals surface area contributed by atoms with E-state index in [0.29, 0.717) is 24.2 Å². The van der Waals surface area contributed by atoms with Crippen molar-refractivity contribution < 1.29 is 8.42 Å². The van der Waals surface area contributed by atoms with Crippen LogP contribution in [-0.4, -0.2) is 15.0 Å². The predicted octanol–water partition coefficient (Wildman–Crippen LogP) is 2.83. The number of hydrogen-bond acceptors (Lipinski definition) is 3. The molecule has 0 fully saturated rings. The van der Waals surface area contributed by atoms with Crippen molar-refractivity contribution >= 4 is 15.7 Å². The number of benzene rings is 2. The summed E-state index contributed by atoms with van der Waals surface area (Å²) in [4.78, 5) is 3.03. The molecule has 0 aliphatic carbocycles. The molecule has 0 saturated heterocycles. The van der Waals surface area contributed by atoms with Crippen LogP contribution in [0, 0.1) is 5.39 Å². The highest BCUT2D eigenvalue weighted by Crippen LogP contribution is 2.14. The molecule has 0 heterocycles. The van der Waals surface area contributed by atoms with Crippen LogP contribution in [0.5, 0.6) is 0 Å². The number of nitrogens with zero attached hydrogens (tertiary/aromatic N) is 2. The molecule has 0 spiro atoms. The van der Waals surface area contributed by atoms with Crippen molar-refractivity contribution in [2.45, 2.75) is 12.2 Å². The SMILES string of the molecule is N#[N+]c1ccc(CS(=O)(=O)NCCc2ccccc2)cc1. The van der Waals surface area contributed by atoms with Crippen LogP contribution in [0.1, 0.15) is 11.1 Å². The van der Waals surface area contributed by atoms with E-state index in [-0.39, 0.29) is 5.75 Å². The van der Waals surface area contributed by atoms with Crippen molar-refractivity contribution in [3.8, 4) is 0 Å². The molecule has 2 aromatic carbocycles. The Labute approximate surface area is 124 Å². The van der Waals surface area contributed by atoms with Crippen molar-refractivity contribution in [1.29, 1.82) is 5.39 Å². The topological polar surface area (TPSA) is 74.3 Å². The minimum absolute atomic E-state index is 0.0898. The summed E-state index contributed by atoms with van der Waals surface area (Å²) in [6, 6.07) is 16.1. The van der Waals surface area contributed by atoms with E-state index in [0.717, 1.165) is 5.56 Å². The lowest BCUT2D eigenvalue weighted by atomic mass is 10.2. The van der Waals surface area contributed by atoms with Crippen molar-refractivity contribution in [2.75, 3.05) is 6.54 Å². The van der Waals surface area contributed by atoms with Gasteiger partial charge in [-0.2, -0.15) is 0 Å². The average Bonchev–Trinajstić information content (AvgIpc) is 2.48. The summed E-state index contributed by atoms with van der Waals surface area (Å²) < 4.78 is 26.5. The maximum absolute atomic E-state index is 12.0. The number of diazo groups is 1. The van der Waals surface area contributed by atoms with E-state index >= 15 is 0 Å². The molecular formula is C15H16N3O2S+. The van der Waals surface area contributed by atoms with Crippen LogP contribution in [0.25, 0.3) is 4.98 Å². The first kappa shape index (κ1) is 15.2. The van der Waals surface area contributed by atoms with Gasteiger partial charge in [-0.25, -0.2) is 13.1 Å². The quantitative estimate of drug-likeness (QED) is 0.834. The summed E-state index contributed by atoms with van der Waals surface area (Å²) >= 11 is 0. The minimum Gasteiger partial charge on any atom is -0.215 e. The molecule has 2 aromatic rings. The summed E-state index contributed by atoms with van der Waals surface area (Å²) in [5, 5.41) is 8.58. The maximum atomic E-state index is 12.0. The zero-order valence-electron chi connectivity index (χ0n) is 11.4. The fraction of sp³-hybridized carbons (Fsp3) is 0.200. The molecule has 21 heavy (non-hydrogen) atoms. The molecule has 0 amide bonds. The molecule has 0 unspecified atom stereocenters. The monoisotopic (exact) mass is 302 g/mol. The summed E-state index contributed by atoms with van der Waals surface area (Å²) in [6.45, 7) is 0.371. The zero-order valence-corrected chi connectivity index (χ0v) is 12.3. The Balaban J connectivity index is 1.88. The van der Waals surface area contributed by atoms with Gasteiger partial charge in [-0.1, -0.05) is 30.3 Å². The lowest BCUT2D eigenvalue weighted by molar-refractivity contribution is 0.581. The summed E-state index contributed by atoms with van der Waals surface area (Å²) in [6.07, 6.45) is 0.655. The lowest BCUT2D eigenvalue weighted by Crippen LogP contribution is -2.27. The second kappa shape index (κ2) is 6.97. The van der Waals surface area contributed by atoms with Gasteiger partial charge in [-0.3, -0.25) is 0 Å². The second-order valence-electron chi connectivity index (χ2n) is 4.66. The van der Waals surface area contributed by atoms with Crippen molar-refractivity contribution in [2.24, 2.45) is 0 Å². The number of hydrogen-bond donors (Lipinski definition) is 1. The van der Waals surface area contributed by atoms with E-state index in [1.807, 2.05) is 30.3 Å². The fourth-order valence-corrected chi connectivity index (χ4v) is 3.07. The van der Waals surface area contributed by atoms with Crippen LogP contribution >= 0.6 is 0 Å². The average molecular weight is 302 g/mol. The Morgan fingerprint density at radius 1 is 0.952 bits per heavy atom. The van der Waals surface area contributed by atoms with E-state index in [4.69, 9.17) is 5.39 Å². The molecular weight excluding hydrogens is 286 g/mol. The van der Waals surface area contributed by atoms with Gasteiger partial charge in [0, 0.05) is 18.7 Å². The molecule has 0 aliphatic rings. The number of nitrogens with one attached hydrogen (secondary N) is 1. The van der Waals surface area contributed by atoms with E-state index in [9.17, 15) is 8.42 Å². The molecule has 2 rings (SSSR count). The van der Waals surface area contributed by atoms with Gasteiger partial charge in [0.25, 0.3) is 0 Å². The Bertz CT molecular complexity index is 720. The molecule has 0 atom stereocenters. The largest absolute Gasteiger partial charge is 0.385 e. The molecule has 0 radical (unpaired) electrons. The van der Waals surface area contributed by atoms with Crippen LogP contribution in [0.3, 0.4) is 0 Å². The van der Waals surface area contributed by atoms with Crippen LogP contribution < -0.4 is 4.72 Å². The summed E-state index contributed by atoms with van der Waals surface area (Å²) in [7, 11) is -3.37. The Hall–Kier alpha value is -2.23. The first-order valence-corrected chi connectivity index (χ1v) is 8.19. The maximum Gasteiger partial charge on any atom is 0.385 e. The van der Waals surface area contributed by atoms with Crippen molar-refractivity contribution in [3.63, 3.8) is 0 Å². The number of rotatable bonds is 6. The third-order valence-corrected chi connectivity index (χ3v) is 4.34. The highest BCUT2D eigenvalue weighted by molar-refractivity contribution is 7.88. The van der Waals surface area contributed by atoms with Gasteiger partial charge in [0.1, 0.15) is 0 Å². The van der Waals surface area contributed by atoms with Crippen LogP contribution in [0.15, 0.2) is 54.6 Å². The Morgan fingerprint density at radius 3 is 2.24 bits per heavy atom. The molecule has 0 aromatic heterocycles. The van der Waals surface area contributed by atoms with Gasteiger partial charge < -0.3 is 0 Å². The zero-order chi connectivity index (χ0) is 15.1. The first-order chi connectivity index (χ1) is 10.1. The van der Waals surface area contributed by atoms with Crippen molar-refractivity contribution in [3.05, 3.63) is 70.7 Å². The molecule has 108 valence electrons. The summed E-state index contributed by atoms with van der Waals surface area (Å²) in [5.74, 6) is -0.0898. The standard InChI is InChI=1S/C15H16N3O2S/c16-18-15-8-6-14(7-9-15)12-21(19,20)17-11-10-13-4-2-1-3-5-13/h1-9,17H,10-12H2/q+1. The first-order valence-electron chi connectivity index (χ1n) is 6.54. The van der Waals surface area contributed by atoms with Crippen LogP contribution in [0.2, 0.25) is 0 Å². The van der Waals surface area contributed by atoms with Gasteiger partial charge in [0.05, 0.1) is 5.75 Å². The highest BCUT2D eigenvalue weighted by atomic mass is 32.2. The minimum atomic E-state index is -3.37. The van der Waals surface area contributed by atoms with Gasteiger partial charge >= 0.3 is 5.69 Å². The van der Waals surface area contributed by atoms with Crippen LogP contribution in [0.4, 0.5) is 5.69 Å². The number of sulfonamides is 1.